The van der Waals surface area contributed by atoms with Gasteiger partial charge < -0.3 is 0 Å². The van der Waals surface area contributed by atoms with Crippen LogP contribution in [0.15, 0.2) is 16.9 Å². The summed E-state index contributed by atoms with van der Waals surface area (Å²) in [7, 11) is 0. The minimum Gasteiger partial charge on any atom is -0.294 e. The molecule has 0 unspecified atom stereocenters. The summed E-state index contributed by atoms with van der Waals surface area (Å²) in [5.41, 5.74) is -16.3. The van der Waals surface area contributed by atoms with Crippen molar-refractivity contribution < 1.29 is 66.3 Å². The van der Waals surface area contributed by atoms with Crippen LogP contribution in [0.5, 0.6) is 0 Å². The lowest BCUT2D eigenvalue weighted by molar-refractivity contribution is -0.148. The van der Waals surface area contributed by atoms with E-state index in [1.807, 2.05) is 0 Å². The largest absolute Gasteiger partial charge is 0.422 e. The van der Waals surface area contributed by atoms with E-state index in [2.05, 4.69) is 0 Å². The summed E-state index contributed by atoms with van der Waals surface area (Å²) < 4.78 is 187. The van der Waals surface area contributed by atoms with E-state index in [4.69, 9.17) is 0 Å². The number of aromatic amines is 1. The lowest BCUT2D eigenvalue weighted by atomic mass is 9.97. The van der Waals surface area contributed by atoms with E-state index < -0.39 is 115 Å². The van der Waals surface area contributed by atoms with Crippen molar-refractivity contribution in [2.75, 3.05) is 0 Å². The molecule has 3 rings (SSSR count). The van der Waals surface area contributed by atoms with Crippen LogP contribution in [0.2, 0.25) is 0 Å². The Morgan fingerprint density at radius 1 is 0.711 bits per heavy atom. The second-order valence-corrected chi connectivity index (χ2v) is 7.44. The fourth-order valence-electron chi connectivity index (χ4n) is 3.35. The molecule has 1 heterocycles. The normalized spacial score (nSPS) is 12.8. The van der Waals surface area contributed by atoms with Crippen LogP contribution in [-0.4, -0.2) is 15.6 Å². The number of alkyl halides is 9. The predicted molar refractivity (Wildman–Crippen MR) is 95.8 cm³/mol. The molecule has 1 N–H and O–H groups in total. The lowest BCUT2D eigenvalue weighted by Crippen LogP contribution is -2.25. The summed E-state index contributed by atoms with van der Waals surface area (Å²) in [6, 6.07) is -0.802. The van der Waals surface area contributed by atoms with Gasteiger partial charge >= 0.3 is 18.5 Å². The molecule has 3 aromatic rings. The second kappa shape index (κ2) is 8.87. The number of ketones is 1. The highest BCUT2D eigenvalue weighted by atomic mass is 19.4. The SMILES string of the molecule is Cc1[nH]n(-c2c(F)c(F)c(C(F)(F)F)c(F)c2F)c(=O)c1C(=O)c1cc(C(F)(F)F)c(F)c(C(F)(F)F)c1. The number of nitrogens with one attached hydrogen (secondary N) is 1. The number of carbonyl (C=O) groups is 1. The van der Waals surface area contributed by atoms with Crippen LogP contribution in [0.4, 0.5) is 61.5 Å². The van der Waals surface area contributed by atoms with E-state index in [1.165, 1.54) is 0 Å². The first kappa shape index (κ1) is 28.7. The third-order valence-corrected chi connectivity index (χ3v) is 4.99. The third kappa shape index (κ3) is 4.62. The Labute approximate surface area is 199 Å². The number of rotatable bonds is 3. The first-order chi connectivity index (χ1) is 17.1. The van der Waals surface area contributed by atoms with E-state index in [0.717, 1.165) is 0 Å². The van der Waals surface area contributed by atoms with Crippen molar-refractivity contribution in [2.45, 2.75) is 25.5 Å². The van der Waals surface area contributed by atoms with Gasteiger partial charge in [0.05, 0.1) is 11.1 Å². The van der Waals surface area contributed by atoms with Crippen molar-refractivity contribution >= 4 is 5.78 Å². The minimum atomic E-state index is -5.96. The maximum absolute atomic E-state index is 14.3. The number of H-pyrrole nitrogens is 1. The number of aromatic nitrogens is 2. The van der Waals surface area contributed by atoms with E-state index in [-0.39, 0.29) is 0 Å². The van der Waals surface area contributed by atoms with Gasteiger partial charge in [0, 0.05) is 11.3 Å². The number of benzene rings is 2. The van der Waals surface area contributed by atoms with Crippen LogP contribution >= 0.6 is 0 Å². The molecule has 0 fully saturated rings. The zero-order chi connectivity index (χ0) is 29.3. The number of carbonyl (C=O) groups excluding carboxylic acids is 1. The molecule has 38 heavy (non-hydrogen) atoms. The number of aryl methyl sites for hydroxylation is 1. The molecule has 2 aromatic carbocycles. The lowest BCUT2D eigenvalue weighted by Gasteiger charge is -2.15. The molecule has 4 nitrogen and oxygen atoms in total. The highest BCUT2D eigenvalue weighted by molar-refractivity contribution is 6.09. The molecular weight excluding hydrogens is 566 g/mol. The fourth-order valence-corrected chi connectivity index (χ4v) is 3.35. The molecular formula is C20H6F14N2O2. The molecule has 0 bridgehead atoms. The Hall–Kier alpha value is -3.86. The summed E-state index contributed by atoms with van der Waals surface area (Å²) in [5.74, 6) is -16.4. The van der Waals surface area contributed by atoms with Crippen LogP contribution in [0, 0.1) is 36.0 Å². The van der Waals surface area contributed by atoms with Crippen LogP contribution in [0.3, 0.4) is 0 Å². The predicted octanol–water partition coefficient (Wildman–Crippen LogP) is 6.46. The van der Waals surface area contributed by atoms with Gasteiger partial charge in [-0.2, -0.15) is 39.5 Å². The van der Waals surface area contributed by atoms with Crippen LogP contribution in [-0.2, 0) is 18.5 Å². The highest BCUT2D eigenvalue weighted by Gasteiger charge is 2.44. The minimum absolute atomic E-state index is 0.401. The van der Waals surface area contributed by atoms with Crippen molar-refractivity contribution in [3.63, 3.8) is 0 Å². The van der Waals surface area contributed by atoms with Crippen molar-refractivity contribution in [2.24, 2.45) is 0 Å². The summed E-state index contributed by atoms with van der Waals surface area (Å²) in [6.45, 7) is 0.691. The molecule has 0 saturated carbocycles. The van der Waals surface area contributed by atoms with E-state index in [1.54, 1.807) is 5.10 Å². The molecule has 0 aliphatic rings. The Kier molecular flexibility index (Phi) is 6.70. The van der Waals surface area contributed by atoms with Crippen molar-refractivity contribution in [1.29, 1.82) is 0 Å². The topological polar surface area (TPSA) is 54.9 Å². The van der Waals surface area contributed by atoms with Gasteiger partial charge in [-0.1, -0.05) is 0 Å². The Morgan fingerprint density at radius 2 is 1.13 bits per heavy atom. The van der Waals surface area contributed by atoms with Crippen LogP contribution in [0.1, 0.15) is 38.3 Å². The molecule has 0 radical (unpaired) electrons. The number of nitrogens with zero attached hydrogens (tertiary/aromatic N) is 1. The maximum atomic E-state index is 14.3. The van der Waals surface area contributed by atoms with Gasteiger partial charge in [-0.3, -0.25) is 14.7 Å². The maximum Gasteiger partial charge on any atom is 0.422 e. The number of hydrogen-bond donors (Lipinski definition) is 1. The smallest absolute Gasteiger partial charge is 0.294 e. The summed E-state index contributed by atoms with van der Waals surface area (Å²) in [6.07, 6.45) is -17.5. The Bertz CT molecular complexity index is 1460. The summed E-state index contributed by atoms with van der Waals surface area (Å²) >= 11 is 0. The van der Waals surface area contributed by atoms with Crippen molar-refractivity contribution in [3.8, 4) is 5.69 Å². The zero-order valence-electron chi connectivity index (χ0n) is 17.7. The summed E-state index contributed by atoms with van der Waals surface area (Å²) in [4.78, 5) is 25.4. The van der Waals surface area contributed by atoms with Gasteiger partial charge in [-0.05, 0) is 19.1 Å². The van der Waals surface area contributed by atoms with E-state index in [9.17, 15) is 71.1 Å². The average molecular weight is 572 g/mol. The van der Waals surface area contributed by atoms with Gasteiger partial charge in [-0.25, -0.2) is 26.6 Å². The third-order valence-electron chi connectivity index (χ3n) is 4.99. The second-order valence-electron chi connectivity index (χ2n) is 7.44. The number of hydrogen-bond acceptors (Lipinski definition) is 2. The van der Waals surface area contributed by atoms with Crippen molar-refractivity contribution in [3.05, 3.63) is 85.1 Å². The monoisotopic (exact) mass is 572 g/mol. The first-order valence-electron chi connectivity index (χ1n) is 9.38. The van der Waals surface area contributed by atoms with Crippen LogP contribution in [0.25, 0.3) is 5.69 Å². The number of halogens is 14. The van der Waals surface area contributed by atoms with Gasteiger partial charge in [0.2, 0.25) is 5.78 Å². The Balaban J connectivity index is 2.31. The van der Waals surface area contributed by atoms with Crippen LogP contribution < -0.4 is 5.56 Å². The average Bonchev–Trinajstić information content (AvgIpc) is 3.03. The van der Waals surface area contributed by atoms with E-state index in [0.29, 0.717) is 6.92 Å². The van der Waals surface area contributed by atoms with Gasteiger partial charge in [0.15, 0.2) is 23.3 Å². The zero-order valence-corrected chi connectivity index (χ0v) is 17.7. The standard InChI is InChI=1S/C20H6F14N2O2/c1-4-8(16(37)5-2-6(18(26,27)28)10(21)7(3-5)19(29,30)31)17(38)36(35-4)15-13(24)11(22)9(20(32,33)34)12(23)14(15)25/h2-3,35H,1H3. The molecule has 0 amide bonds. The van der Waals surface area contributed by atoms with Gasteiger partial charge in [0.1, 0.15) is 22.6 Å². The summed E-state index contributed by atoms with van der Waals surface area (Å²) in [5, 5.41) is 1.65. The molecule has 0 atom stereocenters. The molecule has 0 saturated heterocycles. The van der Waals surface area contributed by atoms with Gasteiger partial charge in [-0.15, -0.1) is 0 Å². The molecule has 1 aromatic heterocycles. The molecule has 206 valence electrons. The molecule has 0 aliphatic heterocycles. The quantitative estimate of drug-likeness (QED) is 0.223. The highest BCUT2D eigenvalue weighted by Crippen LogP contribution is 2.40. The Morgan fingerprint density at radius 3 is 1.50 bits per heavy atom. The van der Waals surface area contributed by atoms with Gasteiger partial charge in [0.25, 0.3) is 5.56 Å². The molecule has 0 aliphatic carbocycles. The fraction of sp³-hybridized carbons (Fsp3) is 0.200. The van der Waals surface area contributed by atoms with E-state index >= 15 is 0 Å². The molecule has 0 spiro atoms. The first-order valence-corrected chi connectivity index (χ1v) is 9.38. The van der Waals surface area contributed by atoms with Crippen molar-refractivity contribution in [1.82, 2.24) is 9.78 Å². The molecule has 18 heteroatoms.